The summed E-state index contributed by atoms with van der Waals surface area (Å²) >= 11 is 0. The maximum atomic E-state index is 12.3. The van der Waals surface area contributed by atoms with Gasteiger partial charge in [-0.2, -0.15) is 5.10 Å². The third-order valence-corrected chi connectivity index (χ3v) is 2.92. The van der Waals surface area contributed by atoms with Crippen LogP contribution in [0.5, 0.6) is 0 Å². The predicted octanol–water partition coefficient (Wildman–Crippen LogP) is 1.95. The Morgan fingerprint density at radius 3 is 2.63 bits per heavy atom. The molecule has 2 aromatic heterocycles. The first-order valence-corrected chi connectivity index (χ1v) is 6.17. The topological polar surface area (TPSA) is 77.9 Å². The Labute approximate surface area is 112 Å². The zero-order valence-corrected chi connectivity index (χ0v) is 11.6. The van der Waals surface area contributed by atoms with Gasteiger partial charge in [0.25, 0.3) is 5.91 Å². The van der Waals surface area contributed by atoms with Crippen molar-refractivity contribution in [1.29, 1.82) is 0 Å². The summed E-state index contributed by atoms with van der Waals surface area (Å²) in [6, 6.07) is 1.86. The number of anilines is 2. The number of nitrogens with two attached hydrogens (primary N) is 1. The van der Waals surface area contributed by atoms with Crippen molar-refractivity contribution in [1.82, 2.24) is 14.3 Å². The van der Waals surface area contributed by atoms with Gasteiger partial charge in [0.1, 0.15) is 5.69 Å². The van der Waals surface area contributed by atoms with E-state index in [1.54, 1.807) is 23.1 Å². The summed E-state index contributed by atoms with van der Waals surface area (Å²) in [6.45, 7) is 5.86. The van der Waals surface area contributed by atoms with Crippen molar-refractivity contribution >= 4 is 17.3 Å². The number of nitrogen functional groups attached to an aromatic ring is 1. The monoisotopic (exact) mass is 261 g/mol. The number of amides is 1. The first-order chi connectivity index (χ1) is 8.88. The van der Waals surface area contributed by atoms with E-state index in [9.17, 15) is 4.79 Å². The second-order valence-electron chi connectivity index (χ2n) is 4.92. The van der Waals surface area contributed by atoms with Gasteiger partial charge in [0, 0.05) is 25.5 Å². The lowest BCUT2D eigenvalue weighted by molar-refractivity contribution is 0.101. The van der Waals surface area contributed by atoms with Gasteiger partial charge in [-0.25, -0.2) is 0 Å². The number of nitrogens with one attached hydrogen (secondary N) is 1. The molecule has 0 saturated heterocycles. The van der Waals surface area contributed by atoms with Crippen LogP contribution in [-0.2, 0) is 7.05 Å². The molecule has 19 heavy (non-hydrogen) atoms. The van der Waals surface area contributed by atoms with Crippen LogP contribution in [0.4, 0.5) is 11.4 Å². The number of aromatic nitrogens is 3. The van der Waals surface area contributed by atoms with Crippen LogP contribution in [0.15, 0.2) is 18.5 Å². The lowest BCUT2D eigenvalue weighted by Gasteiger charge is -2.12. The first-order valence-electron chi connectivity index (χ1n) is 6.17. The molecule has 3 N–H and O–H groups in total. The van der Waals surface area contributed by atoms with Gasteiger partial charge in [-0.15, -0.1) is 0 Å². The zero-order chi connectivity index (χ0) is 14.2. The molecule has 0 radical (unpaired) electrons. The molecule has 2 aromatic rings. The van der Waals surface area contributed by atoms with Crippen molar-refractivity contribution in [2.75, 3.05) is 11.1 Å². The lowest BCUT2D eigenvalue weighted by atomic mass is 10.3. The first kappa shape index (κ1) is 13.2. The number of aryl methyl sites for hydroxylation is 2. The quantitative estimate of drug-likeness (QED) is 0.886. The van der Waals surface area contributed by atoms with Gasteiger partial charge >= 0.3 is 0 Å². The summed E-state index contributed by atoms with van der Waals surface area (Å²) in [6.07, 6.45) is 3.55. The minimum atomic E-state index is -0.179. The van der Waals surface area contributed by atoms with E-state index in [0.29, 0.717) is 17.1 Å². The summed E-state index contributed by atoms with van der Waals surface area (Å²) in [5, 5.41) is 7.05. The molecule has 0 aliphatic carbocycles. The van der Waals surface area contributed by atoms with E-state index >= 15 is 0 Å². The van der Waals surface area contributed by atoms with E-state index in [2.05, 4.69) is 10.4 Å². The molecule has 0 fully saturated rings. The summed E-state index contributed by atoms with van der Waals surface area (Å²) in [7, 11) is 1.82. The summed E-state index contributed by atoms with van der Waals surface area (Å²) in [5.74, 6) is -0.179. The normalized spacial score (nSPS) is 11.0. The fourth-order valence-electron chi connectivity index (χ4n) is 2.02. The molecule has 0 spiro atoms. The second-order valence-corrected chi connectivity index (χ2v) is 4.92. The Bertz CT molecular complexity index is 609. The van der Waals surface area contributed by atoms with Crippen molar-refractivity contribution in [3.05, 3.63) is 29.8 Å². The molecule has 0 atom stereocenters. The van der Waals surface area contributed by atoms with Crippen molar-refractivity contribution in [3.8, 4) is 0 Å². The summed E-state index contributed by atoms with van der Waals surface area (Å²) < 4.78 is 3.52. The highest BCUT2D eigenvalue weighted by atomic mass is 16.2. The minimum Gasteiger partial charge on any atom is -0.397 e. The largest absolute Gasteiger partial charge is 0.397 e. The highest BCUT2D eigenvalue weighted by molar-refractivity contribution is 6.04. The summed E-state index contributed by atoms with van der Waals surface area (Å²) in [5.41, 5.74) is 8.40. The second kappa shape index (κ2) is 4.79. The van der Waals surface area contributed by atoms with Gasteiger partial charge in [-0.1, -0.05) is 0 Å². The number of rotatable bonds is 3. The maximum absolute atomic E-state index is 12.3. The highest BCUT2D eigenvalue weighted by Gasteiger charge is 2.16. The molecule has 0 saturated carbocycles. The van der Waals surface area contributed by atoms with Crippen LogP contribution in [0, 0.1) is 6.92 Å². The Balaban J connectivity index is 2.27. The molecule has 102 valence electrons. The number of hydrogen-bond donors (Lipinski definition) is 2. The van der Waals surface area contributed by atoms with Gasteiger partial charge in [0.15, 0.2) is 0 Å². The molecule has 0 aliphatic heterocycles. The number of carbonyl (C=O) groups excluding carboxylic acids is 1. The molecule has 2 heterocycles. The van der Waals surface area contributed by atoms with Crippen LogP contribution >= 0.6 is 0 Å². The Morgan fingerprint density at radius 1 is 1.42 bits per heavy atom. The average molecular weight is 261 g/mol. The third-order valence-electron chi connectivity index (χ3n) is 2.92. The van der Waals surface area contributed by atoms with Gasteiger partial charge in [0.2, 0.25) is 0 Å². The van der Waals surface area contributed by atoms with Crippen LogP contribution in [0.25, 0.3) is 0 Å². The maximum Gasteiger partial charge on any atom is 0.272 e. The smallest absolute Gasteiger partial charge is 0.272 e. The molecule has 6 heteroatoms. The molecule has 1 amide bonds. The Kier molecular flexibility index (Phi) is 3.33. The highest BCUT2D eigenvalue weighted by Crippen LogP contribution is 2.19. The fraction of sp³-hybridized carbons (Fsp3) is 0.385. The standard InChI is InChI=1S/C13H19N5O/c1-8(2)18-6-10(14)5-12(18)13(19)15-11-7-17(4)16-9(11)3/h5-8H,14H2,1-4H3,(H,15,19). The molecular weight excluding hydrogens is 242 g/mol. The van der Waals surface area contributed by atoms with Gasteiger partial charge in [-0.05, 0) is 26.8 Å². The number of nitrogens with zero attached hydrogens (tertiary/aromatic N) is 3. The Morgan fingerprint density at radius 2 is 2.11 bits per heavy atom. The van der Waals surface area contributed by atoms with E-state index in [1.807, 2.05) is 32.4 Å². The number of carbonyl (C=O) groups is 1. The van der Waals surface area contributed by atoms with Crippen LogP contribution in [0.3, 0.4) is 0 Å². The Hall–Kier alpha value is -2.24. The van der Waals surface area contributed by atoms with Crippen LogP contribution in [-0.4, -0.2) is 20.3 Å². The lowest BCUT2D eigenvalue weighted by Crippen LogP contribution is -2.17. The van der Waals surface area contributed by atoms with E-state index < -0.39 is 0 Å². The van der Waals surface area contributed by atoms with E-state index in [4.69, 9.17) is 5.73 Å². The van der Waals surface area contributed by atoms with Crippen LogP contribution in [0.1, 0.15) is 36.1 Å². The molecule has 0 aromatic carbocycles. The number of hydrogen-bond acceptors (Lipinski definition) is 3. The molecule has 0 unspecified atom stereocenters. The van der Waals surface area contributed by atoms with Crippen molar-refractivity contribution in [2.45, 2.75) is 26.8 Å². The molecular formula is C13H19N5O. The summed E-state index contributed by atoms with van der Waals surface area (Å²) in [4.78, 5) is 12.3. The predicted molar refractivity (Wildman–Crippen MR) is 75.1 cm³/mol. The average Bonchev–Trinajstić information content (AvgIpc) is 2.83. The van der Waals surface area contributed by atoms with E-state index in [-0.39, 0.29) is 11.9 Å². The SMILES string of the molecule is Cc1nn(C)cc1NC(=O)c1cc(N)cn1C(C)C. The van der Waals surface area contributed by atoms with Crippen LogP contribution < -0.4 is 11.1 Å². The molecule has 6 nitrogen and oxygen atoms in total. The van der Waals surface area contributed by atoms with Crippen molar-refractivity contribution in [3.63, 3.8) is 0 Å². The molecule has 0 bridgehead atoms. The van der Waals surface area contributed by atoms with Crippen molar-refractivity contribution in [2.24, 2.45) is 7.05 Å². The molecule has 2 rings (SSSR count). The third kappa shape index (κ3) is 2.62. The van der Waals surface area contributed by atoms with Gasteiger partial charge in [0.05, 0.1) is 17.1 Å². The van der Waals surface area contributed by atoms with Crippen LogP contribution in [0.2, 0.25) is 0 Å². The van der Waals surface area contributed by atoms with Gasteiger partial charge < -0.3 is 15.6 Å². The molecule has 0 aliphatic rings. The fourth-order valence-corrected chi connectivity index (χ4v) is 2.02. The minimum absolute atomic E-state index is 0.174. The van der Waals surface area contributed by atoms with Crippen molar-refractivity contribution < 1.29 is 4.79 Å². The van der Waals surface area contributed by atoms with E-state index in [1.165, 1.54) is 0 Å². The van der Waals surface area contributed by atoms with Gasteiger partial charge in [-0.3, -0.25) is 9.48 Å². The zero-order valence-electron chi connectivity index (χ0n) is 11.6. The van der Waals surface area contributed by atoms with E-state index in [0.717, 1.165) is 5.69 Å².